The predicted octanol–water partition coefficient (Wildman–Crippen LogP) is 4.89. The van der Waals surface area contributed by atoms with Crippen molar-refractivity contribution < 1.29 is 18.9 Å². The molecule has 0 radical (unpaired) electrons. The van der Waals surface area contributed by atoms with Gasteiger partial charge in [-0.05, 0) is 59.4 Å². The van der Waals surface area contributed by atoms with Crippen molar-refractivity contribution in [2.45, 2.75) is 24.9 Å². The van der Waals surface area contributed by atoms with Crippen LogP contribution >= 0.6 is 0 Å². The Morgan fingerprint density at radius 2 is 1.39 bits per heavy atom. The van der Waals surface area contributed by atoms with Gasteiger partial charge in [-0.25, -0.2) is 0 Å². The van der Waals surface area contributed by atoms with Crippen LogP contribution in [0.15, 0.2) is 60.7 Å². The molecule has 1 aliphatic rings. The Morgan fingerprint density at radius 3 is 2.06 bits per heavy atom. The van der Waals surface area contributed by atoms with E-state index >= 15 is 0 Å². The van der Waals surface area contributed by atoms with Crippen LogP contribution in [-0.4, -0.2) is 28.4 Å². The van der Waals surface area contributed by atoms with Crippen molar-refractivity contribution in [2.24, 2.45) is 0 Å². The molecular weight excluding hydrogens is 390 g/mol. The molecule has 0 fully saturated rings. The lowest BCUT2D eigenvalue weighted by Gasteiger charge is -2.34. The lowest BCUT2D eigenvalue weighted by atomic mass is 9.84. The molecule has 5 heteroatoms. The summed E-state index contributed by atoms with van der Waals surface area (Å²) in [4.78, 5) is 0. The Labute approximate surface area is 183 Å². The van der Waals surface area contributed by atoms with Gasteiger partial charge in [0.05, 0.1) is 28.4 Å². The maximum absolute atomic E-state index is 5.59. The quantitative estimate of drug-likeness (QED) is 0.591. The van der Waals surface area contributed by atoms with Gasteiger partial charge in [0.1, 0.15) is 0 Å². The number of rotatable bonds is 7. The lowest BCUT2D eigenvalue weighted by Crippen LogP contribution is -2.34. The molecule has 1 heterocycles. The minimum atomic E-state index is 0.117. The van der Waals surface area contributed by atoms with Crippen molar-refractivity contribution in [1.82, 2.24) is 5.32 Å². The van der Waals surface area contributed by atoms with Crippen molar-refractivity contribution in [3.8, 4) is 23.0 Å². The van der Waals surface area contributed by atoms with Gasteiger partial charge in [0.25, 0.3) is 0 Å². The fourth-order valence-corrected chi connectivity index (χ4v) is 4.36. The van der Waals surface area contributed by atoms with E-state index in [0.717, 1.165) is 35.8 Å². The fourth-order valence-electron chi connectivity index (χ4n) is 4.36. The van der Waals surface area contributed by atoms with E-state index < -0.39 is 0 Å². The summed E-state index contributed by atoms with van der Waals surface area (Å²) in [6.07, 6.45) is 1.70. The minimum absolute atomic E-state index is 0.117. The third-order valence-electron chi connectivity index (χ3n) is 5.94. The molecule has 0 amide bonds. The molecule has 2 unspecified atom stereocenters. The second-order valence-electron chi connectivity index (χ2n) is 7.69. The van der Waals surface area contributed by atoms with Crippen LogP contribution in [-0.2, 0) is 12.8 Å². The van der Waals surface area contributed by atoms with E-state index in [0.29, 0.717) is 0 Å². The van der Waals surface area contributed by atoms with Crippen LogP contribution in [0.1, 0.15) is 34.3 Å². The first-order valence-corrected chi connectivity index (χ1v) is 10.4. The van der Waals surface area contributed by atoms with Gasteiger partial charge in [0, 0.05) is 12.1 Å². The molecule has 162 valence electrons. The van der Waals surface area contributed by atoms with Crippen molar-refractivity contribution in [3.63, 3.8) is 0 Å². The maximum atomic E-state index is 5.59. The first-order chi connectivity index (χ1) is 15.2. The number of ether oxygens (including phenoxy) is 4. The Bertz CT molecular complexity index is 1040. The molecule has 5 nitrogen and oxygen atoms in total. The summed E-state index contributed by atoms with van der Waals surface area (Å²) in [6, 6.07) is 21.2. The zero-order chi connectivity index (χ0) is 21.8. The summed E-state index contributed by atoms with van der Waals surface area (Å²) < 4.78 is 22.1. The molecule has 3 aromatic rings. The van der Waals surface area contributed by atoms with Crippen LogP contribution in [0.2, 0.25) is 0 Å². The largest absolute Gasteiger partial charge is 0.493 e. The highest BCUT2D eigenvalue weighted by Gasteiger charge is 2.29. The highest BCUT2D eigenvalue weighted by atomic mass is 16.5. The van der Waals surface area contributed by atoms with Gasteiger partial charge in [-0.3, -0.25) is 0 Å². The predicted molar refractivity (Wildman–Crippen MR) is 122 cm³/mol. The van der Waals surface area contributed by atoms with Gasteiger partial charge in [0.15, 0.2) is 23.0 Å². The molecule has 3 aromatic carbocycles. The Kier molecular flexibility index (Phi) is 6.33. The average molecular weight is 420 g/mol. The zero-order valence-corrected chi connectivity index (χ0v) is 18.5. The summed E-state index contributed by atoms with van der Waals surface area (Å²) in [6.45, 7) is 0. The molecule has 0 aliphatic carbocycles. The third-order valence-corrected chi connectivity index (χ3v) is 5.94. The van der Waals surface area contributed by atoms with E-state index in [2.05, 4.69) is 53.8 Å². The molecule has 1 aliphatic heterocycles. The molecule has 0 aromatic heterocycles. The van der Waals surface area contributed by atoms with E-state index in [1.807, 2.05) is 12.1 Å². The SMILES string of the molecule is COc1ccc(CC2NC(c3ccccc3)Cc3cc(OC)c(OC)cc32)cc1OC. The smallest absolute Gasteiger partial charge is 0.161 e. The van der Waals surface area contributed by atoms with Gasteiger partial charge in [-0.15, -0.1) is 0 Å². The van der Waals surface area contributed by atoms with Crippen LogP contribution in [0.4, 0.5) is 0 Å². The lowest BCUT2D eigenvalue weighted by molar-refractivity contribution is 0.347. The van der Waals surface area contributed by atoms with E-state index in [4.69, 9.17) is 18.9 Å². The number of hydrogen-bond acceptors (Lipinski definition) is 5. The Morgan fingerprint density at radius 1 is 0.742 bits per heavy atom. The number of fused-ring (bicyclic) bond motifs is 1. The van der Waals surface area contributed by atoms with E-state index in [9.17, 15) is 0 Å². The summed E-state index contributed by atoms with van der Waals surface area (Å²) in [5.41, 5.74) is 4.96. The number of nitrogens with one attached hydrogen (secondary N) is 1. The van der Waals surface area contributed by atoms with Crippen LogP contribution in [0.5, 0.6) is 23.0 Å². The van der Waals surface area contributed by atoms with Crippen LogP contribution in [0.25, 0.3) is 0 Å². The van der Waals surface area contributed by atoms with Crippen molar-refractivity contribution in [2.75, 3.05) is 28.4 Å². The summed E-state index contributed by atoms with van der Waals surface area (Å²) in [5.74, 6) is 2.98. The highest BCUT2D eigenvalue weighted by molar-refractivity contribution is 5.51. The van der Waals surface area contributed by atoms with Crippen molar-refractivity contribution in [1.29, 1.82) is 0 Å². The Hall–Kier alpha value is -3.18. The van der Waals surface area contributed by atoms with Gasteiger partial charge in [-0.2, -0.15) is 0 Å². The standard InChI is InChI=1S/C26H29NO4/c1-28-23-11-10-17(13-24(23)29-2)12-22-20-16-26(31-4)25(30-3)15-19(20)14-21(27-22)18-8-6-5-7-9-18/h5-11,13,15-16,21-22,27H,12,14H2,1-4H3. The monoisotopic (exact) mass is 419 g/mol. The first kappa shape index (κ1) is 21.1. The molecular formula is C26H29NO4. The van der Waals surface area contributed by atoms with Gasteiger partial charge < -0.3 is 24.3 Å². The second kappa shape index (κ2) is 9.31. The van der Waals surface area contributed by atoms with Gasteiger partial charge in [-0.1, -0.05) is 36.4 Å². The second-order valence-corrected chi connectivity index (χ2v) is 7.69. The first-order valence-electron chi connectivity index (χ1n) is 10.4. The van der Waals surface area contributed by atoms with E-state index in [1.54, 1.807) is 28.4 Å². The van der Waals surface area contributed by atoms with Crippen molar-refractivity contribution in [3.05, 3.63) is 82.9 Å². The van der Waals surface area contributed by atoms with Crippen LogP contribution in [0, 0.1) is 0 Å². The summed E-state index contributed by atoms with van der Waals surface area (Å²) in [7, 11) is 6.68. The van der Waals surface area contributed by atoms with Crippen molar-refractivity contribution >= 4 is 0 Å². The molecule has 2 atom stereocenters. The minimum Gasteiger partial charge on any atom is -0.493 e. The number of hydrogen-bond donors (Lipinski definition) is 1. The molecule has 4 rings (SSSR count). The van der Waals surface area contributed by atoms with Gasteiger partial charge in [0.2, 0.25) is 0 Å². The molecule has 0 saturated heterocycles. The van der Waals surface area contributed by atoms with Crippen LogP contribution in [0.3, 0.4) is 0 Å². The summed E-state index contributed by atoms with van der Waals surface area (Å²) >= 11 is 0. The molecule has 31 heavy (non-hydrogen) atoms. The number of methoxy groups -OCH3 is 4. The molecule has 0 spiro atoms. The van der Waals surface area contributed by atoms with Gasteiger partial charge >= 0.3 is 0 Å². The molecule has 0 saturated carbocycles. The Balaban J connectivity index is 1.73. The fraction of sp³-hybridized carbons (Fsp3) is 0.308. The average Bonchev–Trinajstić information content (AvgIpc) is 2.83. The zero-order valence-electron chi connectivity index (χ0n) is 18.5. The van der Waals surface area contributed by atoms with E-state index in [1.165, 1.54) is 22.3 Å². The maximum Gasteiger partial charge on any atom is 0.161 e. The normalized spacial score (nSPS) is 17.5. The highest BCUT2D eigenvalue weighted by Crippen LogP contribution is 2.40. The number of benzene rings is 3. The summed E-state index contributed by atoms with van der Waals surface area (Å²) in [5, 5.41) is 3.86. The topological polar surface area (TPSA) is 49.0 Å². The molecule has 0 bridgehead atoms. The molecule has 1 N–H and O–H groups in total. The van der Waals surface area contributed by atoms with Crippen LogP contribution < -0.4 is 24.3 Å². The third kappa shape index (κ3) is 4.32. The van der Waals surface area contributed by atoms with E-state index in [-0.39, 0.29) is 12.1 Å².